The molecule has 4 nitrogen and oxygen atoms in total. The average molecular weight is 256 g/mol. The van der Waals surface area contributed by atoms with Crippen molar-refractivity contribution in [1.29, 1.82) is 0 Å². The number of hydrogen-bond acceptors (Lipinski definition) is 4. The largest absolute Gasteiger partial charge is 0.460 e. The molecule has 1 rings (SSSR count). The van der Waals surface area contributed by atoms with E-state index in [0.717, 1.165) is 5.56 Å². The van der Waals surface area contributed by atoms with E-state index >= 15 is 0 Å². The normalized spacial score (nSPS) is 11.9. The summed E-state index contributed by atoms with van der Waals surface area (Å²) in [7, 11) is 0. The summed E-state index contributed by atoms with van der Waals surface area (Å²) in [5.74, 6) is -0.522. The van der Waals surface area contributed by atoms with Gasteiger partial charge in [-0.2, -0.15) is 0 Å². The van der Waals surface area contributed by atoms with Crippen molar-refractivity contribution in [2.24, 2.45) is 5.73 Å². The standard InChI is InChI=1S/C12H14ClNO3/c13-11(15)7-6-10(14)12(16)17-8-9-4-2-1-3-5-9/h1-5,10H,6-8,14H2/t10-/m0/s1. The van der Waals surface area contributed by atoms with E-state index in [2.05, 4.69) is 0 Å². The monoisotopic (exact) mass is 255 g/mol. The third kappa shape index (κ3) is 5.47. The molecule has 92 valence electrons. The van der Waals surface area contributed by atoms with Crippen LogP contribution in [-0.2, 0) is 20.9 Å². The maximum Gasteiger partial charge on any atom is 0.323 e. The van der Waals surface area contributed by atoms with Crippen LogP contribution in [0.4, 0.5) is 0 Å². The van der Waals surface area contributed by atoms with Gasteiger partial charge >= 0.3 is 5.97 Å². The predicted octanol–water partition coefficient (Wildman–Crippen LogP) is 1.60. The molecule has 0 saturated carbocycles. The van der Waals surface area contributed by atoms with Crippen LogP contribution in [-0.4, -0.2) is 17.3 Å². The van der Waals surface area contributed by atoms with Crippen molar-refractivity contribution in [3.05, 3.63) is 35.9 Å². The van der Waals surface area contributed by atoms with Crippen LogP contribution < -0.4 is 5.73 Å². The smallest absolute Gasteiger partial charge is 0.323 e. The molecule has 2 N–H and O–H groups in total. The number of benzene rings is 1. The fourth-order valence-corrected chi connectivity index (χ4v) is 1.33. The van der Waals surface area contributed by atoms with E-state index in [9.17, 15) is 9.59 Å². The van der Waals surface area contributed by atoms with Crippen LogP contribution in [0.3, 0.4) is 0 Å². The fraction of sp³-hybridized carbons (Fsp3) is 0.333. The molecule has 0 unspecified atom stereocenters. The van der Waals surface area contributed by atoms with Crippen molar-refractivity contribution in [2.75, 3.05) is 0 Å². The molecule has 0 aromatic heterocycles. The van der Waals surface area contributed by atoms with Crippen molar-refractivity contribution >= 4 is 22.8 Å². The number of rotatable bonds is 6. The van der Waals surface area contributed by atoms with E-state index < -0.39 is 17.3 Å². The highest BCUT2D eigenvalue weighted by Gasteiger charge is 2.15. The number of nitrogens with two attached hydrogens (primary N) is 1. The van der Waals surface area contributed by atoms with Gasteiger partial charge < -0.3 is 10.5 Å². The van der Waals surface area contributed by atoms with Gasteiger partial charge in [-0.15, -0.1) is 0 Å². The first kappa shape index (κ1) is 13.7. The van der Waals surface area contributed by atoms with Gasteiger partial charge in [-0.1, -0.05) is 30.3 Å². The minimum atomic E-state index is -0.804. The molecule has 0 bridgehead atoms. The van der Waals surface area contributed by atoms with Crippen LogP contribution in [0.1, 0.15) is 18.4 Å². The summed E-state index contributed by atoms with van der Waals surface area (Å²) in [6.45, 7) is 0.183. The lowest BCUT2D eigenvalue weighted by molar-refractivity contribution is -0.146. The molecule has 0 aliphatic heterocycles. The molecule has 0 heterocycles. The van der Waals surface area contributed by atoms with Crippen LogP contribution in [0.5, 0.6) is 0 Å². The first-order chi connectivity index (χ1) is 8.09. The second kappa shape index (κ2) is 7.04. The number of carbonyl (C=O) groups is 2. The second-order valence-electron chi connectivity index (χ2n) is 3.59. The quantitative estimate of drug-likeness (QED) is 0.619. The van der Waals surface area contributed by atoms with Crippen LogP contribution in [0.15, 0.2) is 30.3 Å². The van der Waals surface area contributed by atoms with Crippen molar-refractivity contribution in [3.8, 4) is 0 Å². The Kier molecular flexibility index (Phi) is 5.66. The van der Waals surface area contributed by atoms with E-state index in [-0.39, 0.29) is 19.4 Å². The zero-order valence-corrected chi connectivity index (χ0v) is 10.0. The number of carbonyl (C=O) groups excluding carboxylic acids is 2. The Bertz CT molecular complexity index is 381. The maximum absolute atomic E-state index is 11.4. The molecule has 0 aliphatic rings. The summed E-state index contributed by atoms with van der Waals surface area (Å²) in [6, 6.07) is 8.48. The molecule has 0 radical (unpaired) electrons. The third-order valence-electron chi connectivity index (χ3n) is 2.18. The molecule has 1 aromatic carbocycles. The summed E-state index contributed by atoms with van der Waals surface area (Å²) in [6.07, 6.45) is 0.277. The third-order valence-corrected chi connectivity index (χ3v) is 2.37. The molecule has 0 amide bonds. The van der Waals surface area contributed by atoms with E-state index in [4.69, 9.17) is 22.1 Å². The minimum Gasteiger partial charge on any atom is -0.460 e. The Morgan fingerprint density at radius 1 is 1.29 bits per heavy atom. The molecule has 0 fully saturated rings. The Morgan fingerprint density at radius 3 is 2.53 bits per heavy atom. The highest BCUT2D eigenvalue weighted by Crippen LogP contribution is 2.04. The van der Waals surface area contributed by atoms with Gasteiger partial charge in [0.05, 0.1) is 0 Å². The van der Waals surface area contributed by atoms with Crippen molar-refractivity contribution in [1.82, 2.24) is 0 Å². The molecule has 1 aromatic rings. The van der Waals surface area contributed by atoms with Gasteiger partial charge in [0.2, 0.25) is 5.24 Å². The zero-order valence-electron chi connectivity index (χ0n) is 9.27. The van der Waals surface area contributed by atoms with Gasteiger partial charge in [0, 0.05) is 6.42 Å². The Hall–Kier alpha value is -1.39. The zero-order chi connectivity index (χ0) is 12.7. The van der Waals surface area contributed by atoms with Gasteiger partial charge in [0.25, 0.3) is 0 Å². The fourth-order valence-electron chi connectivity index (χ4n) is 1.22. The topological polar surface area (TPSA) is 69.4 Å². The second-order valence-corrected chi connectivity index (χ2v) is 4.02. The first-order valence-electron chi connectivity index (χ1n) is 5.24. The molecule has 17 heavy (non-hydrogen) atoms. The van der Waals surface area contributed by atoms with Crippen LogP contribution in [0.2, 0.25) is 0 Å². The highest BCUT2D eigenvalue weighted by atomic mass is 35.5. The summed E-state index contributed by atoms with van der Waals surface area (Å²) in [4.78, 5) is 21.9. The lowest BCUT2D eigenvalue weighted by atomic mass is 10.2. The predicted molar refractivity (Wildman–Crippen MR) is 64.3 cm³/mol. The van der Waals surface area contributed by atoms with E-state index in [0.29, 0.717) is 0 Å². The average Bonchev–Trinajstić information content (AvgIpc) is 2.34. The van der Waals surface area contributed by atoms with E-state index in [1.807, 2.05) is 30.3 Å². The SMILES string of the molecule is N[C@@H](CCC(=O)Cl)C(=O)OCc1ccccc1. The first-order valence-corrected chi connectivity index (χ1v) is 5.62. The van der Waals surface area contributed by atoms with E-state index in [1.165, 1.54) is 0 Å². The maximum atomic E-state index is 11.4. The molecule has 0 saturated heterocycles. The Labute approximate surface area is 105 Å². The molecule has 0 aliphatic carbocycles. The molecular weight excluding hydrogens is 242 g/mol. The van der Waals surface area contributed by atoms with Crippen molar-refractivity contribution in [3.63, 3.8) is 0 Å². The summed E-state index contributed by atoms with van der Waals surface area (Å²) in [5.41, 5.74) is 6.43. The van der Waals surface area contributed by atoms with Gasteiger partial charge in [0.1, 0.15) is 12.6 Å². The van der Waals surface area contributed by atoms with Crippen molar-refractivity contribution < 1.29 is 14.3 Å². The Balaban J connectivity index is 2.32. The minimum absolute atomic E-state index is 0.0726. The summed E-state index contributed by atoms with van der Waals surface area (Å²) in [5, 5.41) is -0.503. The van der Waals surface area contributed by atoms with Gasteiger partial charge in [-0.05, 0) is 23.6 Å². The van der Waals surface area contributed by atoms with Gasteiger partial charge in [0.15, 0.2) is 0 Å². The van der Waals surface area contributed by atoms with Crippen LogP contribution in [0, 0.1) is 0 Å². The van der Waals surface area contributed by atoms with Crippen molar-refractivity contribution in [2.45, 2.75) is 25.5 Å². The number of esters is 1. The molecule has 5 heteroatoms. The highest BCUT2D eigenvalue weighted by molar-refractivity contribution is 6.63. The number of hydrogen-bond donors (Lipinski definition) is 1. The molecule has 1 atom stereocenters. The lowest BCUT2D eigenvalue weighted by Gasteiger charge is -2.10. The molecular formula is C12H14ClNO3. The summed E-state index contributed by atoms with van der Waals surface area (Å²) >= 11 is 5.15. The van der Waals surface area contributed by atoms with Crippen LogP contribution in [0.25, 0.3) is 0 Å². The summed E-state index contributed by atoms with van der Waals surface area (Å²) < 4.78 is 5.00. The molecule has 0 spiro atoms. The number of ether oxygens (including phenoxy) is 1. The Morgan fingerprint density at radius 2 is 1.94 bits per heavy atom. The van der Waals surface area contributed by atoms with E-state index in [1.54, 1.807) is 0 Å². The number of halogens is 1. The van der Waals surface area contributed by atoms with Gasteiger partial charge in [-0.25, -0.2) is 0 Å². The van der Waals surface area contributed by atoms with Crippen LogP contribution >= 0.6 is 11.6 Å². The van der Waals surface area contributed by atoms with Gasteiger partial charge in [-0.3, -0.25) is 9.59 Å². The lowest BCUT2D eigenvalue weighted by Crippen LogP contribution is -2.32.